The number of carbonyl (C=O) groups is 1. The number of rotatable bonds is 3. The molecule has 0 radical (unpaired) electrons. The maximum absolute atomic E-state index is 10.7. The summed E-state index contributed by atoms with van der Waals surface area (Å²) < 4.78 is 5.36. The number of Topliss-reactive ketones (excluding diaryl/α,β-unsaturated/α-hetero) is 1. The van der Waals surface area contributed by atoms with Gasteiger partial charge in [-0.25, -0.2) is 0 Å². The van der Waals surface area contributed by atoms with Crippen molar-refractivity contribution in [3.8, 4) is 11.8 Å². The standard InChI is InChI=1S/C11H16O2/c1-10(12)9-13-11-7-5-3-2-4-6-8-11/h11H,2-5,7,9H2,1H3. The van der Waals surface area contributed by atoms with E-state index in [9.17, 15) is 4.79 Å². The van der Waals surface area contributed by atoms with Gasteiger partial charge in [0.2, 0.25) is 0 Å². The molecule has 0 heterocycles. The van der Waals surface area contributed by atoms with Crippen LogP contribution in [0.25, 0.3) is 0 Å². The lowest BCUT2D eigenvalue weighted by atomic mass is 10.1. The van der Waals surface area contributed by atoms with Crippen molar-refractivity contribution in [3.05, 3.63) is 0 Å². The molecule has 2 nitrogen and oxygen atoms in total. The van der Waals surface area contributed by atoms with Gasteiger partial charge < -0.3 is 4.74 Å². The van der Waals surface area contributed by atoms with E-state index in [4.69, 9.17) is 4.74 Å². The van der Waals surface area contributed by atoms with Crippen molar-refractivity contribution in [3.63, 3.8) is 0 Å². The molecule has 1 aliphatic carbocycles. The van der Waals surface area contributed by atoms with Crippen molar-refractivity contribution in [1.82, 2.24) is 0 Å². The Labute approximate surface area is 79.7 Å². The second-order valence-corrected chi connectivity index (χ2v) is 3.42. The Morgan fingerprint density at radius 1 is 1.46 bits per heavy atom. The maximum Gasteiger partial charge on any atom is 0.155 e. The molecule has 0 aliphatic heterocycles. The zero-order valence-electron chi connectivity index (χ0n) is 8.14. The molecule has 0 aromatic rings. The minimum atomic E-state index is -0.0100. The SMILES string of the molecule is CC(=O)COC1C#CCCCCC1. The first-order valence-electron chi connectivity index (χ1n) is 4.88. The van der Waals surface area contributed by atoms with E-state index in [-0.39, 0.29) is 18.5 Å². The third kappa shape index (κ3) is 4.69. The number of carbonyl (C=O) groups excluding carboxylic acids is 1. The highest BCUT2D eigenvalue weighted by Crippen LogP contribution is 2.10. The van der Waals surface area contributed by atoms with Gasteiger partial charge in [-0.3, -0.25) is 4.79 Å². The normalized spacial score (nSPS) is 22.4. The summed E-state index contributed by atoms with van der Waals surface area (Å²) in [5.74, 6) is 6.20. The molecule has 0 bridgehead atoms. The minimum absolute atomic E-state index is 0.0100. The minimum Gasteiger partial charge on any atom is -0.358 e. The van der Waals surface area contributed by atoms with Crippen LogP contribution >= 0.6 is 0 Å². The van der Waals surface area contributed by atoms with Crippen LogP contribution in [0.2, 0.25) is 0 Å². The van der Waals surface area contributed by atoms with Crippen molar-refractivity contribution < 1.29 is 9.53 Å². The van der Waals surface area contributed by atoms with Gasteiger partial charge in [0.05, 0.1) is 0 Å². The summed E-state index contributed by atoms with van der Waals surface area (Å²) in [6, 6.07) is 0. The van der Waals surface area contributed by atoms with Crippen LogP contribution in [0.5, 0.6) is 0 Å². The van der Waals surface area contributed by atoms with E-state index in [0.29, 0.717) is 0 Å². The summed E-state index contributed by atoms with van der Waals surface area (Å²) in [4.78, 5) is 10.7. The summed E-state index contributed by atoms with van der Waals surface area (Å²) in [5, 5.41) is 0. The third-order valence-electron chi connectivity index (χ3n) is 2.02. The van der Waals surface area contributed by atoms with Gasteiger partial charge in [0.15, 0.2) is 5.78 Å². The molecular formula is C11H16O2. The largest absolute Gasteiger partial charge is 0.358 e. The van der Waals surface area contributed by atoms with Crippen molar-refractivity contribution in [1.29, 1.82) is 0 Å². The average Bonchev–Trinajstić information content (AvgIpc) is 2.01. The van der Waals surface area contributed by atoms with Crippen LogP contribution in [0, 0.1) is 11.8 Å². The zero-order valence-corrected chi connectivity index (χ0v) is 8.14. The van der Waals surface area contributed by atoms with E-state index in [1.54, 1.807) is 0 Å². The quantitative estimate of drug-likeness (QED) is 0.620. The van der Waals surface area contributed by atoms with Crippen molar-refractivity contribution in [2.24, 2.45) is 0 Å². The van der Waals surface area contributed by atoms with Crippen molar-refractivity contribution in [2.45, 2.75) is 45.1 Å². The number of hydrogen-bond acceptors (Lipinski definition) is 2. The monoisotopic (exact) mass is 180 g/mol. The Morgan fingerprint density at radius 3 is 3.08 bits per heavy atom. The highest BCUT2D eigenvalue weighted by Gasteiger charge is 2.07. The topological polar surface area (TPSA) is 26.3 Å². The molecule has 1 unspecified atom stereocenters. The molecule has 0 N–H and O–H groups in total. The van der Waals surface area contributed by atoms with Gasteiger partial charge in [-0.2, -0.15) is 0 Å². The number of hydrogen-bond donors (Lipinski definition) is 0. The van der Waals surface area contributed by atoms with Gasteiger partial charge in [0.1, 0.15) is 12.7 Å². The molecule has 0 aromatic carbocycles. The highest BCUT2D eigenvalue weighted by molar-refractivity contribution is 5.76. The summed E-state index contributed by atoms with van der Waals surface area (Å²) >= 11 is 0. The lowest BCUT2D eigenvalue weighted by Crippen LogP contribution is -2.16. The Morgan fingerprint density at radius 2 is 2.31 bits per heavy atom. The van der Waals surface area contributed by atoms with E-state index >= 15 is 0 Å². The fourth-order valence-corrected chi connectivity index (χ4v) is 1.32. The van der Waals surface area contributed by atoms with E-state index in [1.165, 1.54) is 19.8 Å². The Bertz CT molecular complexity index is 222. The van der Waals surface area contributed by atoms with Crippen LogP contribution in [0.4, 0.5) is 0 Å². The molecule has 13 heavy (non-hydrogen) atoms. The first-order chi connectivity index (χ1) is 6.29. The Balaban J connectivity index is 2.32. The van der Waals surface area contributed by atoms with Crippen LogP contribution in [0.15, 0.2) is 0 Å². The summed E-state index contributed by atoms with van der Waals surface area (Å²) in [6.07, 6.45) is 5.53. The van der Waals surface area contributed by atoms with Crippen LogP contribution < -0.4 is 0 Å². The molecule has 2 heteroatoms. The van der Waals surface area contributed by atoms with Gasteiger partial charge in [0.25, 0.3) is 0 Å². The average molecular weight is 180 g/mol. The molecule has 1 atom stereocenters. The van der Waals surface area contributed by atoms with Gasteiger partial charge in [-0.15, -0.1) is 5.92 Å². The molecule has 0 amide bonds. The molecule has 0 saturated carbocycles. The smallest absolute Gasteiger partial charge is 0.155 e. The second kappa shape index (κ2) is 5.77. The fraction of sp³-hybridized carbons (Fsp3) is 0.727. The molecule has 72 valence electrons. The number of ketones is 1. The Kier molecular flexibility index (Phi) is 4.56. The van der Waals surface area contributed by atoms with Gasteiger partial charge >= 0.3 is 0 Å². The lowest BCUT2D eigenvalue weighted by Gasteiger charge is -2.12. The van der Waals surface area contributed by atoms with Crippen LogP contribution in [-0.4, -0.2) is 18.5 Å². The van der Waals surface area contributed by atoms with Crippen LogP contribution in [0.1, 0.15) is 39.0 Å². The van der Waals surface area contributed by atoms with Gasteiger partial charge in [0, 0.05) is 6.42 Å². The fourth-order valence-electron chi connectivity index (χ4n) is 1.32. The lowest BCUT2D eigenvalue weighted by molar-refractivity contribution is -0.122. The molecule has 1 aliphatic rings. The van der Waals surface area contributed by atoms with Crippen molar-refractivity contribution >= 4 is 5.78 Å². The predicted octanol–water partition coefficient (Wildman–Crippen LogP) is 1.93. The zero-order chi connectivity index (χ0) is 9.52. The molecule has 0 saturated heterocycles. The molecule has 1 rings (SSSR count). The highest BCUT2D eigenvalue weighted by atomic mass is 16.5. The van der Waals surface area contributed by atoms with Crippen LogP contribution in [-0.2, 0) is 9.53 Å². The molecule has 0 spiro atoms. The second-order valence-electron chi connectivity index (χ2n) is 3.42. The predicted molar refractivity (Wildman–Crippen MR) is 51.3 cm³/mol. The van der Waals surface area contributed by atoms with Gasteiger partial charge in [-0.05, 0) is 26.2 Å². The first-order valence-corrected chi connectivity index (χ1v) is 4.88. The summed E-state index contributed by atoms with van der Waals surface area (Å²) in [5.41, 5.74) is 0. The summed E-state index contributed by atoms with van der Waals surface area (Å²) in [7, 11) is 0. The summed E-state index contributed by atoms with van der Waals surface area (Å²) in [6.45, 7) is 1.75. The number of ether oxygens (including phenoxy) is 1. The molecular weight excluding hydrogens is 164 g/mol. The van der Waals surface area contributed by atoms with Gasteiger partial charge in [-0.1, -0.05) is 12.3 Å². The maximum atomic E-state index is 10.7. The van der Waals surface area contributed by atoms with E-state index in [2.05, 4.69) is 11.8 Å². The van der Waals surface area contributed by atoms with E-state index < -0.39 is 0 Å². The third-order valence-corrected chi connectivity index (χ3v) is 2.02. The van der Waals surface area contributed by atoms with Crippen LogP contribution in [0.3, 0.4) is 0 Å². The van der Waals surface area contributed by atoms with E-state index in [1.807, 2.05) is 0 Å². The van der Waals surface area contributed by atoms with Crippen molar-refractivity contribution in [2.75, 3.05) is 6.61 Å². The molecule has 0 fully saturated rings. The molecule has 0 aromatic heterocycles. The first kappa shape index (κ1) is 10.3. The van der Waals surface area contributed by atoms with E-state index in [0.717, 1.165) is 19.3 Å². The Hall–Kier alpha value is -0.810.